The Kier molecular flexibility index (Phi) is 3.64. The van der Waals surface area contributed by atoms with Gasteiger partial charge in [0.15, 0.2) is 5.82 Å². The Labute approximate surface area is 125 Å². The maximum Gasteiger partial charge on any atom is 0.259 e. The van der Waals surface area contributed by atoms with E-state index < -0.39 is 11.7 Å². The van der Waals surface area contributed by atoms with Crippen LogP contribution in [0.25, 0.3) is 10.9 Å². The van der Waals surface area contributed by atoms with Crippen LogP contribution < -0.4 is 5.32 Å². The van der Waals surface area contributed by atoms with Crippen LogP contribution in [0.5, 0.6) is 0 Å². The average molecular weight is 302 g/mol. The molecule has 2 heterocycles. The van der Waals surface area contributed by atoms with Crippen LogP contribution in [0.4, 0.5) is 10.2 Å². The Morgan fingerprint density at radius 3 is 3.09 bits per heavy atom. The van der Waals surface area contributed by atoms with Gasteiger partial charge in [0.05, 0.1) is 18.7 Å². The van der Waals surface area contributed by atoms with Gasteiger partial charge in [-0.1, -0.05) is 6.07 Å². The molecular weight excluding hydrogens is 287 g/mol. The van der Waals surface area contributed by atoms with Gasteiger partial charge in [-0.25, -0.2) is 4.39 Å². The number of aromatic nitrogens is 3. The fraction of sp³-hybridized carbons (Fsp3) is 0.200. The molecule has 3 N–H and O–H groups in total. The number of aliphatic hydroxyl groups is 1. The van der Waals surface area contributed by atoms with E-state index >= 15 is 0 Å². The summed E-state index contributed by atoms with van der Waals surface area (Å²) in [7, 11) is 0. The van der Waals surface area contributed by atoms with Gasteiger partial charge in [-0.2, -0.15) is 5.10 Å². The maximum absolute atomic E-state index is 13.9. The highest BCUT2D eigenvalue weighted by Gasteiger charge is 2.16. The lowest BCUT2D eigenvalue weighted by Crippen LogP contribution is -2.13. The maximum atomic E-state index is 13.9. The summed E-state index contributed by atoms with van der Waals surface area (Å²) in [6, 6.07) is 6.29. The summed E-state index contributed by atoms with van der Waals surface area (Å²) >= 11 is 0. The summed E-state index contributed by atoms with van der Waals surface area (Å²) in [5.41, 5.74) is 1.60. The molecule has 0 aliphatic carbocycles. The van der Waals surface area contributed by atoms with Crippen molar-refractivity contribution in [2.24, 2.45) is 0 Å². The van der Waals surface area contributed by atoms with Gasteiger partial charge in [-0.15, -0.1) is 0 Å². The number of nitrogens with zero attached hydrogens (tertiary/aromatic N) is 2. The molecule has 0 aliphatic rings. The smallest absolute Gasteiger partial charge is 0.259 e. The number of benzene rings is 1. The molecule has 3 aromatic rings. The summed E-state index contributed by atoms with van der Waals surface area (Å²) in [4.78, 5) is 15.2. The van der Waals surface area contributed by atoms with E-state index in [1.165, 1.54) is 12.3 Å². The highest BCUT2D eigenvalue weighted by atomic mass is 19.1. The topological polar surface area (TPSA) is 82.9 Å². The first-order chi connectivity index (χ1) is 10.6. The number of rotatable bonds is 4. The van der Waals surface area contributed by atoms with E-state index in [1.54, 1.807) is 22.9 Å². The molecule has 0 aliphatic heterocycles. The van der Waals surface area contributed by atoms with E-state index in [1.807, 2.05) is 6.92 Å². The molecule has 22 heavy (non-hydrogen) atoms. The predicted octanol–water partition coefficient (Wildman–Crippen LogP) is 2.06. The standard InChI is InChI=1S/C15H15FN4O2/c1-9-7-13(19-20(9)5-6-21)18-15(22)10-8-17-12-4-2-3-11(16)14(10)12/h2-4,7-8,17,21H,5-6H2,1H3,(H,18,19,22). The van der Waals surface area contributed by atoms with Crippen molar-refractivity contribution in [1.29, 1.82) is 0 Å². The average Bonchev–Trinajstić information content (AvgIpc) is 3.05. The second-order valence-corrected chi connectivity index (χ2v) is 4.94. The third kappa shape index (κ3) is 2.46. The number of carbonyl (C=O) groups excluding carboxylic acids is 1. The SMILES string of the molecule is Cc1cc(NC(=O)c2c[nH]c3cccc(F)c23)nn1CCO. The van der Waals surface area contributed by atoms with E-state index in [-0.39, 0.29) is 17.6 Å². The van der Waals surface area contributed by atoms with Crippen molar-refractivity contribution in [2.75, 3.05) is 11.9 Å². The molecule has 3 rings (SSSR count). The number of hydrogen-bond acceptors (Lipinski definition) is 3. The first kappa shape index (κ1) is 14.3. The van der Waals surface area contributed by atoms with Crippen molar-refractivity contribution in [3.8, 4) is 0 Å². The summed E-state index contributed by atoms with van der Waals surface area (Å²) in [6.45, 7) is 2.14. The Bertz CT molecular complexity index is 837. The van der Waals surface area contributed by atoms with Gasteiger partial charge in [0.2, 0.25) is 0 Å². The van der Waals surface area contributed by atoms with Gasteiger partial charge in [0.1, 0.15) is 5.82 Å². The van der Waals surface area contributed by atoms with Crippen LogP contribution in [-0.4, -0.2) is 32.4 Å². The van der Waals surface area contributed by atoms with Crippen molar-refractivity contribution < 1.29 is 14.3 Å². The number of fused-ring (bicyclic) bond motifs is 1. The zero-order valence-electron chi connectivity index (χ0n) is 11.9. The second-order valence-electron chi connectivity index (χ2n) is 4.94. The Morgan fingerprint density at radius 1 is 1.50 bits per heavy atom. The van der Waals surface area contributed by atoms with Crippen LogP contribution in [-0.2, 0) is 6.54 Å². The number of nitrogens with one attached hydrogen (secondary N) is 2. The van der Waals surface area contributed by atoms with Crippen LogP contribution >= 0.6 is 0 Å². The molecule has 0 saturated heterocycles. The molecule has 0 saturated carbocycles. The zero-order chi connectivity index (χ0) is 15.7. The number of hydrogen-bond donors (Lipinski definition) is 3. The van der Waals surface area contributed by atoms with Crippen LogP contribution in [0.15, 0.2) is 30.5 Å². The lowest BCUT2D eigenvalue weighted by molar-refractivity contribution is 0.102. The zero-order valence-corrected chi connectivity index (χ0v) is 11.9. The van der Waals surface area contributed by atoms with Crippen molar-refractivity contribution in [3.05, 3.63) is 47.5 Å². The Balaban J connectivity index is 1.89. The number of aryl methyl sites for hydroxylation is 1. The van der Waals surface area contributed by atoms with Crippen LogP contribution in [0.3, 0.4) is 0 Å². The van der Waals surface area contributed by atoms with Crippen molar-refractivity contribution in [3.63, 3.8) is 0 Å². The summed E-state index contributed by atoms with van der Waals surface area (Å²) in [6.07, 6.45) is 1.47. The van der Waals surface area contributed by atoms with Gasteiger partial charge >= 0.3 is 0 Å². The van der Waals surface area contributed by atoms with Gasteiger partial charge in [0, 0.05) is 28.9 Å². The molecule has 1 amide bonds. The largest absolute Gasteiger partial charge is 0.394 e. The molecule has 0 fully saturated rings. The number of halogens is 1. The first-order valence-electron chi connectivity index (χ1n) is 6.82. The summed E-state index contributed by atoms with van der Waals surface area (Å²) in [5.74, 6) is -0.530. The fourth-order valence-electron chi connectivity index (χ4n) is 2.40. The first-order valence-corrected chi connectivity index (χ1v) is 6.82. The van der Waals surface area contributed by atoms with Crippen LogP contribution in [0, 0.1) is 12.7 Å². The molecule has 0 unspecified atom stereocenters. The molecule has 0 bridgehead atoms. The van der Waals surface area contributed by atoms with Crippen molar-refractivity contribution in [1.82, 2.24) is 14.8 Å². The van der Waals surface area contributed by atoms with E-state index in [0.29, 0.717) is 17.9 Å². The fourth-order valence-corrected chi connectivity index (χ4v) is 2.40. The molecule has 0 atom stereocenters. The summed E-state index contributed by atoms with van der Waals surface area (Å²) < 4.78 is 15.5. The van der Waals surface area contributed by atoms with Gasteiger partial charge in [-0.3, -0.25) is 9.48 Å². The number of amides is 1. The lowest BCUT2D eigenvalue weighted by atomic mass is 10.1. The van der Waals surface area contributed by atoms with Crippen LogP contribution in [0.1, 0.15) is 16.1 Å². The molecule has 0 spiro atoms. The minimum atomic E-state index is -0.453. The third-order valence-corrected chi connectivity index (χ3v) is 3.43. The number of aromatic amines is 1. The quantitative estimate of drug-likeness (QED) is 0.690. The number of carbonyl (C=O) groups is 1. The number of anilines is 1. The van der Waals surface area contributed by atoms with Crippen LogP contribution in [0.2, 0.25) is 0 Å². The Hall–Kier alpha value is -2.67. The van der Waals surface area contributed by atoms with Gasteiger partial charge in [-0.05, 0) is 19.1 Å². The minimum Gasteiger partial charge on any atom is -0.394 e. The van der Waals surface area contributed by atoms with Crippen molar-refractivity contribution >= 4 is 22.6 Å². The molecule has 2 aromatic heterocycles. The molecule has 6 nitrogen and oxygen atoms in total. The normalized spacial score (nSPS) is 11.0. The molecule has 1 aromatic carbocycles. The van der Waals surface area contributed by atoms with Gasteiger partial charge < -0.3 is 15.4 Å². The monoisotopic (exact) mass is 302 g/mol. The Morgan fingerprint density at radius 2 is 2.32 bits per heavy atom. The highest BCUT2D eigenvalue weighted by molar-refractivity contribution is 6.12. The summed E-state index contributed by atoms with van der Waals surface area (Å²) in [5, 5.41) is 16.0. The van der Waals surface area contributed by atoms with Crippen molar-refractivity contribution in [2.45, 2.75) is 13.5 Å². The molecule has 0 radical (unpaired) electrons. The van der Waals surface area contributed by atoms with E-state index in [0.717, 1.165) is 5.69 Å². The predicted molar refractivity (Wildman–Crippen MR) is 80.3 cm³/mol. The van der Waals surface area contributed by atoms with E-state index in [9.17, 15) is 9.18 Å². The van der Waals surface area contributed by atoms with E-state index in [4.69, 9.17) is 5.11 Å². The third-order valence-electron chi connectivity index (χ3n) is 3.43. The van der Waals surface area contributed by atoms with E-state index in [2.05, 4.69) is 15.4 Å². The molecular formula is C15H15FN4O2. The van der Waals surface area contributed by atoms with Gasteiger partial charge in [0.25, 0.3) is 5.91 Å². The second kappa shape index (κ2) is 5.61. The molecule has 7 heteroatoms. The number of aliphatic hydroxyl groups excluding tert-OH is 1. The molecule has 114 valence electrons. The minimum absolute atomic E-state index is 0.0381. The highest BCUT2D eigenvalue weighted by Crippen LogP contribution is 2.22. The lowest BCUT2D eigenvalue weighted by Gasteiger charge is -2.02. The number of H-pyrrole nitrogens is 1.